The highest BCUT2D eigenvalue weighted by Gasteiger charge is 2.14. The van der Waals surface area contributed by atoms with Gasteiger partial charge in [-0.1, -0.05) is 13.8 Å². The molecule has 0 aliphatic heterocycles. The molecule has 0 saturated carbocycles. The molecule has 4 heteroatoms. The summed E-state index contributed by atoms with van der Waals surface area (Å²) >= 11 is 0. The minimum Gasteiger partial charge on any atom is -0.358 e. The molecule has 0 bridgehead atoms. The van der Waals surface area contributed by atoms with Crippen molar-refractivity contribution in [1.82, 2.24) is 5.32 Å². The van der Waals surface area contributed by atoms with Crippen molar-refractivity contribution in [2.45, 2.75) is 19.9 Å². The van der Waals surface area contributed by atoms with Crippen LogP contribution in [0.2, 0.25) is 0 Å². The van der Waals surface area contributed by atoms with Gasteiger partial charge < -0.3 is 11.1 Å². The van der Waals surface area contributed by atoms with Gasteiger partial charge in [0, 0.05) is 7.05 Å². The molecule has 0 saturated heterocycles. The topological polar surface area (TPSA) is 55.1 Å². The van der Waals surface area contributed by atoms with E-state index in [1.807, 2.05) is 13.8 Å². The van der Waals surface area contributed by atoms with Crippen molar-refractivity contribution in [3.8, 4) is 0 Å². The third-order valence-corrected chi connectivity index (χ3v) is 1.27. The lowest BCUT2D eigenvalue weighted by atomic mass is 10.1. The number of carbonyl (C=O) groups is 1. The van der Waals surface area contributed by atoms with E-state index in [9.17, 15) is 4.79 Å². The molecule has 0 fully saturated rings. The Balaban J connectivity index is 0. The van der Waals surface area contributed by atoms with E-state index < -0.39 is 0 Å². The van der Waals surface area contributed by atoms with Gasteiger partial charge in [0.15, 0.2) is 0 Å². The summed E-state index contributed by atoms with van der Waals surface area (Å²) in [5.41, 5.74) is 5.46. The van der Waals surface area contributed by atoms with Gasteiger partial charge in [-0.15, -0.1) is 12.4 Å². The van der Waals surface area contributed by atoms with E-state index in [2.05, 4.69) is 5.32 Å². The summed E-state index contributed by atoms with van der Waals surface area (Å²) in [6.07, 6.45) is 0. The van der Waals surface area contributed by atoms with Crippen LogP contribution in [0.15, 0.2) is 0 Å². The minimum atomic E-state index is -0.366. The molecule has 0 heterocycles. The van der Waals surface area contributed by atoms with Crippen LogP contribution < -0.4 is 11.1 Å². The first-order valence-corrected chi connectivity index (χ1v) is 3.06. The predicted octanol–water partition coefficient (Wildman–Crippen LogP) is 0.137. The second-order valence-corrected chi connectivity index (χ2v) is 2.38. The van der Waals surface area contributed by atoms with Crippen LogP contribution in [0.25, 0.3) is 0 Å². The Hall–Kier alpha value is -0.280. The van der Waals surface area contributed by atoms with E-state index in [1.165, 1.54) is 0 Å². The highest BCUT2D eigenvalue weighted by atomic mass is 35.5. The summed E-state index contributed by atoms with van der Waals surface area (Å²) in [4.78, 5) is 10.7. The molecule has 0 aliphatic rings. The first-order valence-electron chi connectivity index (χ1n) is 3.06. The van der Waals surface area contributed by atoms with Crippen molar-refractivity contribution < 1.29 is 4.79 Å². The molecule has 0 aromatic carbocycles. The van der Waals surface area contributed by atoms with Crippen LogP contribution >= 0.6 is 12.4 Å². The van der Waals surface area contributed by atoms with Crippen molar-refractivity contribution in [3.63, 3.8) is 0 Å². The molecule has 3 N–H and O–H groups in total. The number of hydrogen-bond acceptors (Lipinski definition) is 2. The highest BCUT2D eigenvalue weighted by molar-refractivity contribution is 5.85. The molecule has 0 radical (unpaired) electrons. The normalized spacial score (nSPS) is 12.1. The molecule has 62 valence electrons. The van der Waals surface area contributed by atoms with Gasteiger partial charge in [-0.3, -0.25) is 4.79 Å². The lowest BCUT2D eigenvalue weighted by Gasteiger charge is -2.12. The third kappa shape index (κ3) is 3.69. The smallest absolute Gasteiger partial charge is 0.236 e. The van der Waals surface area contributed by atoms with Crippen LogP contribution in [0.1, 0.15) is 13.8 Å². The average Bonchev–Trinajstić information content (AvgIpc) is 1.84. The number of nitrogens with two attached hydrogens (primary N) is 1. The Morgan fingerprint density at radius 1 is 1.50 bits per heavy atom. The number of nitrogens with one attached hydrogen (secondary N) is 1. The summed E-state index contributed by atoms with van der Waals surface area (Å²) in [6.45, 7) is 3.83. The van der Waals surface area contributed by atoms with Crippen LogP contribution in [-0.4, -0.2) is 19.0 Å². The molecule has 10 heavy (non-hydrogen) atoms. The largest absolute Gasteiger partial charge is 0.358 e. The fourth-order valence-corrected chi connectivity index (χ4v) is 0.469. The Bertz CT molecular complexity index is 106. The molecule has 3 nitrogen and oxygen atoms in total. The standard InChI is InChI=1S/C6H14N2O.ClH/c1-4(2)5(7)6(9)8-3;/h4-5H,7H2,1-3H3,(H,8,9);1H/t5-;/m1./s1. The third-order valence-electron chi connectivity index (χ3n) is 1.27. The van der Waals surface area contributed by atoms with Crippen molar-refractivity contribution in [1.29, 1.82) is 0 Å². The fraction of sp³-hybridized carbons (Fsp3) is 0.833. The fourth-order valence-electron chi connectivity index (χ4n) is 0.469. The number of hydrogen-bond donors (Lipinski definition) is 2. The zero-order chi connectivity index (χ0) is 7.44. The van der Waals surface area contributed by atoms with Crippen LogP contribution in [0.4, 0.5) is 0 Å². The predicted molar refractivity (Wildman–Crippen MR) is 44.1 cm³/mol. The maximum absolute atomic E-state index is 10.7. The van der Waals surface area contributed by atoms with Crippen molar-refractivity contribution in [3.05, 3.63) is 0 Å². The molecule has 0 spiro atoms. The summed E-state index contributed by atoms with van der Waals surface area (Å²) in [5.74, 6) is 0.120. The van der Waals surface area contributed by atoms with Crippen LogP contribution in [0.3, 0.4) is 0 Å². The first kappa shape index (κ1) is 12.4. The average molecular weight is 167 g/mol. The number of rotatable bonds is 2. The zero-order valence-electron chi connectivity index (χ0n) is 6.55. The number of halogens is 1. The summed E-state index contributed by atoms with van der Waals surface area (Å²) in [7, 11) is 1.59. The number of amides is 1. The monoisotopic (exact) mass is 166 g/mol. The van der Waals surface area contributed by atoms with Crippen molar-refractivity contribution in [2.75, 3.05) is 7.05 Å². The van der Waals surface area contributed by atoms with Gasteiger partial charge >= 0.3 is 0 Å². The minimum absolute atomic E-state index is 0. The summed E-state index contributed by atoms with van der Waals surface area (Å²) in [6, 6.07) is -0.366. The highest BCUT2D eigenvalue weighted by Crippen LogP contribution is 1.96. The quantitative estimate of drug-likeness (QED) is 0.613. The number of carbonyl (C=O) groups excluding carboxylic acids is 1. The van der Waals surface area contributed by atoms with Crippen molar-refractivity contribution >= 4 is 18.3 Å². The van der Waals surface area contributed by atoms with Gasteiger partial charge in [-0.2, -0.15) is 0 Å². The Morgan fingerprint density at radius 3 is 2.00 bits per heavy atom. The maximum atomic E-state index is 10.7. The lowest BCUT2D eigenvalue weighted by Crippen LogP contribution is -2.42. The summed E-state index contributed by atoms with van der Waals surface area (Å²) in [5, 5.41) is 2.48. The van der Waals surface area contributed by atoms with Gasteiger partial charge in [0.05, 0.1) is 6.04 Å². The lowest BCUT2D eigenvalue weighted by molar-refractivity contribution is -0.122. The van der Waals surface area contributed by atoms with Crippen LogP contribution in [-0.2, 0) is 4.79 Å². The SMILES string of the molecule is CNC(=O)[C@H](N)C(C)C.Cl. The van der Waals surface area contributed by atoms with E-state index in [4.69, 9.17) is 5.73 Å². The molecule has 0 unspecified atom stereocenters. The second kappa shape index (κ2) is 5.50. The molecule has 0 aliphatic carbocycles. The molecule has 0 aromatic rings. The molecule has 1 atom stereocenters. The Morgan fingerprint density at radius 2 is 1.90 bits per heavy atom. The second-order valence-electron chi connectivity index (χ2n) is 2.38. The Labute approximate surface area is 67.8 Å². The Kier molecular flexibility index (Phi) is 6.82. The van der Waals surface area contributed by atoms with E-state index in [0.717, 1.165) is 0 Å². The van der Waals surface area contributed by atoms with Crippen molar-refractivity contribution in [2.24, 2.45) is 11.7 Å². The van der Waals surface area contributed by atoms with Gasteiger partial charge in [-0.25, -0.2) is 0 Å². The molecular formula is C6H15ClN2O. The van der Waals surface area contributed by atoms with Gasteiger partial charge in [-0.05, 0) is 5.92 Å². The maximum Gasteiger partial charge on any atom is 0.236 e. The van der Waals surface area contributed by atoms with E-state index >= 15 is 0 Å². The van der Waals surface area contributed by atoms with Crippen LogP contribution in [0, 0.1) is 5.92 Å². The summed E-state index contributed by atoms with van der Waals surface area (Å²) < 4.78 is 0. The van der Waals surface area contributed by atoms with Gasteiger partial charge in [0.25, 0.3) is 0 Å². The molecule has 0 rings (SSSR count). The first-order chi connectivity index (χ1) is 4.09. The molecule has 0 aromatic heterocycles. The van der Waals surface area contributed by atoms with E-state index in [-0.39, 0.29) is 30.3 Å². The van der Waals surface area contributed by atoms with E-state index in [1.54, 1.807) is 7.05 Å². The number of likely N-dealkylation sites (N-methyl/N-ethyl adjacent to an activating group) is 1. The molecular weight excluding hydrogens is 152 g/mol. The van der Waals surface area contributed by atoms with Crippen LogP contribution in [0.5, 0.6) is 0 Å². The van der Waals surface area contributed by atoms with E-state index in [0.29, 0.717) is 0 Å². The molecule has 1 amide bonds. The zero-order valence-corrected chi connectivity index (χ0v) is 7.37. The van der Waals surface area contributed by atoms with Gasteiger partial charge in [0.1, 0.15) is 0 Å². The van der Waals surface area contributed by atoms with Gasteiger partial charge in [0.2, 0.25) is 5.91 Å².